The van der Waals surface area contributed by atoms with Crippen LogP contribution in [0.2, 0.25) is 0 Å². The lowest BCUT2D eigenvalue weighted by Crippen LogP contribution is -2.43. The number of nitrogens with zero attached hydrogens (tertiary/aromatic N) is 1. The molecule has 110 valence electrons. The van der Waals surface area contributed by atoms with Crippen LogP contribution in [-0.2, 0) is 9.47 Å². The van der Waals surface area contributed by atoms with Gasteiger partial charge in [0, 0.05) is 25.6 Å². The molecule has 5 heteroatoms. The molecule has 2 aliphatic rings. The van der Waals surface area contributed by atoms with Crippen molar-refractivity contribution in [1.29, 1.82) is 0 Å². The van der Waals surface area contributed by atoms with Gasteiger partial charge in [0.2, 0.25) is 0 Å². The highest BCUT2D eigenvalue weighted by molar-refractivity contribution is 7.08. The Morgan fingerprint density at radius 3 is 3.00 bits per heavy atom. The summed E-state index contributed by atoms with van der Waals surface area (Å²) < 4.78 is 11.0. The molecule has 20 heavy (non-hydrogen) atoms. The maximum Gasteiger partial charge on any atom is 0.254 e. The second-order valence-electron chi connectivity index (χ2n) is 5.90. The fraction of sp³-hybridized carbons (Fsp3) is 0.667. The fourth-order valence-corrected chi connectivity index (χ4v) is 3.92. The van der Waals surface area contributed by atoms with Gasteiger partial charge in [-0.15, -0.1) is 0 Å². The first-order chi connectivity index (χ1) is 9.72. The predicted molar refractivity (Wildman–Crippen MR) is 78.1 cm³/mol. The van der Waals surface area contributed by atoms with Crippen LogP contribution in [0.15, 0.2) is 16.8 Å². The van der Waals surface area contributed by atoms with Crippen molar-refractivity contribution in [2.45, 2.75) is 25.4 Å². The molecule has 0 unspecified atom stereocenters. The third-order valence-electron chi connectivity index (χ3n) is 4.52. The molecule has 3 heterocycles. The highest BCUT2D eigenvalue weighted by Gasteiger charge is 2.43. The van der Waals surface area contributed by atoms with Crippen molar-refractivity contribution in [3.8, 4) is 0 Å². The number of thiophene rings is 1. The van der Waals surface area contributed by atoms with Crippen molar-refractivity contribution < 1.29 is 14.3 Å². The maximum absolute atomic E-state index is 12.3. The molecule has 1 spiro atoms. The summed E-state index contributed by atoms with van der Waals surface area (Å²) >= 11 is 1.58. The normalized spacial score (nSPS) is 25.2. The van der Waals surface area contributed by atoms with Gasteiger partial charge in [-0.2, -0.15) is 11.3 Å². The molecular formula is C15H21NO3S. The first kappa shape index (κ1) is 14.0. The fourth-order valence-electron chi connectivity index (χ4n) is 3.29. The molecule has 0 aromatic carbocycles. The third-order valence-corrected chi connectivity index (χ3v) is 5.20. The zero-order valence-corrected chi connectivity index (χ0v) is 12.7. The zero-order valence-electron chi connectivity index (χ0n) is 11.8. The highest BCUT2D eigenvalue weighted by Crippen LogP contribution is 2.42. The van der Waals surface area contributed by atoms with Crippen molar-refractivity contribution >= 4 is 17.2 Å². The average Bonchev–Trinajstić information content (AvgIpc) is 3.10. The summed E-state index contributed by atoms with van der Waals surface area (Å²) in [6.45, 7) is 3.19. The van der Waals surface area contributed by atoms with Gasteiger partial charge in [-0.25, -0.2) is 0 Å². The minimum Gasteiger partial charge on any atom is -0.382 e. The molecule has 0 radical (unpaired) electrons. The van der Waals surface area contributed by atoms with Crippen LogP contribution in [-0.4, -0.2) is 50.3 Å². The van der Waals surface area contributed by atoms with Gasteiger partial charge in [-0.05, 0) is 36.1 Å². The molecule has 2 aliphatic heterocycles. The summed E-state index contributed by atoms with van der Waals surface area (Å²) in [4.78, 5) is 14.3. The van der Waals surface area contributed by atoms with Crippen LogP contribution in [0.4, 0.5) is 0 Å². The van der Waals surface area contributed by atoms with E-state index in [0.717, 1.165) is 44.5 Å². The number of hydrogen-bond acceptors (Lipinski definition) is 4. The van der Waals surface area contributed by atoms with E-state index in [1.54, 1.807) is 18.4 Å². The number of carbonyl (C=O) groups excluding carboxylic acids is 1. The van der Waals surface area contributed by atoms with Gasteiger partial charge in [0.25, 0.3) is 5.91 Å². The second kappa shape index (κ2) is 5.84. The van der Waals surface area contributed by atoms with Crippen molar-refractivity contribution in [3.63, 3.8) is 0 Å². The highest BCUT2D eigenvalue weighted by atomic mass is 32.1. The van der Waals surface area contributed by atoms with Gasteiger partial charge < -0.3 is 14.4 Å². The van der Waals surface area contributed by atoms with Crippen molar-refractivity contribution in [3.05, 3.63) is 22.4 Å². The number of amides is 1. The average molecular weight is 295 g/mol. The zero-order chi connectivity index (χ0) is 14.0. The Kier molecular flexibility index (Phi) is 4.10. The van der Waals surface area contributed by atoms with E-state index in [0.29, 0.717) is 6.61 Å². The van der Waals surface area contributed by atoms with Gasteiger partial charge >= 0.3 is 0 Å². The van der Waals surface area contributed by atoms with Crippen molar-refractivity contribution in [2.24, 2.45) is 5.41 Å². The molecule has 1 amide bonds. The van der Waals surface area contributed by atoms with E-state index in [1.165, 1.54) is 0 Å². The van der Waals surface area contributed by atoms with Crippen LogP contribution >= 0.6 is 11.3 Å². The van der Waals surface area contributed by atoms with Crippen LogP contribution in [0, 0.1) is 5.41 Å². The summed E-state index contributed by atoms with van der Waals surface area (Å²) in [6, 6.07) is 1.91. The summed E-state index contributed by atoms with van der Waals surface area (Å²) in [6.07, 6.45) is 3.40. The lowest BCUT2D eigenvalue weighted by Gasteiger charge is -2.38. The minimum absolute atomic E-state index is 0.174. The Balaban J connectivity index is 1.56. The molecule has 4 nitrogen and oxygen atoms in total. The lowest BCUT2D eigenvalue weighted by molar-refractivity contribution is 0.0281. The predicted octanol–water partition coefficient (Wildman–Crippen LogP) is 2.41. The van der Waals surface area contributed by atoms with Gasteiger partial charge in [0.05, 0.1) is 24.9 Å². The molecule has 1 atom stereocenters. The van der Waals surface area contributed by atoms with E-state index in [1.807, 2.05) is 21.7 Å². The Bertz CT molecular complexity index is 452. The summed E-state index contributed by atoms with van der Waals surface area (Å²) in [5.74, 6) is 0.174. The Labute approximate surface area is 123 Å². The maximum atomic E-state index is 12.3. The van der Waals surface area contributed by atoms with Crippen molar-refractivity contribution in [1.82, 2.24) is 4.90 Å². The lowest BCUT2D eigenvalue weighted by atomic mass is 9.76. The largest absolute Gasteiger partial charge is 0.382 e. The van der Waals surface area contributed by atoms with Crippen LogP contribution in [0.1, 0.15) is 29.6 Å². The first-order valence-electron chi connectivity index (χ1n) is 7.14. The molecule has 3 rings (SSSR count). The Morgan fingerprint density at radius 1 is 1.55 bits per heavy atom. The number of likely N-dealkylation sites (tertiary alicyclic amines) is 1. The summed E-state index contributed by atoms with van der Waals surface area (Å²) in [5.41, 5.74) is 1.10. The summed E-state index contributed by atoms with van der Waals surface area (Å²) in [7, 11) is 1.72. The van der Waals surface area contributed by atoms with E-state index >= 15 is 0 Å². The van der Waals surface area contributed by atoms with Crippen LogP contribution in [0.5, 0.6) is 0 Å². The topological polar surface area (TPSA) is 38.8 Å². The molecule has 2 saturated heterocycles. The standard InChI is InChI=1S/C15H21NO3S/c1-18-9-13-8-15(11-19-13)3-5-16(6-4-15)14(17)12-2-7-20-10-12/h2,7,10,13H,3-6,8-9,11H2,1H3/t13-/m0/s1. The number of piperidine rings is 1. The van der Waals surface area contributed by atoms with Gasteiger partial charge in [0.15, 0.2) is 0 Å². The molecule has 1 aromatic rings. The second-order valence-corrected chi connectivity index (χ2v) is 6.68. The monoisotopic (exact) mass is 295 g/mol. The number of carbonyl (C=O) groups is 1. The van der Waals surface area contributed by atoms with E-state index in [-0.39, 0.29) is 17.4 Å². The third kappa shape index (κ3) is 2.75. The van der Waals surface area contributed by atoms with Crippen molar-refractivity contribution in [2.75, 3.05) is 33.4 Å². The van der Waals surface area contributed by atoms with E-state index in [9.17, 15) is 4.79 Å². The molecule has 0 aliphatic carbocycles. The van der Waals surface area contributed by atoms with Crippen LogP contribution in [0.25, 0.3) is 0 Å². The van der Waals surface area contributed by atoms with Gasteiger partial charge in [-0.3, -0.25) is 4.79 Å². The van der Waals surface area contributed by atoms with Crippen LogP contribution < -0.4 is 0 Å². The number of hydrogen-bond donors (Lipinski definition) is 0. The number of ether oxygens (including phenoxy) is 2. The molecule has 0 bridgehead atoms. The molecular weight excluding hydrogens is 274 g/mol. The summed E-state index contributed by atoms with van der Waals surface area (Å²) in [5, 5.41) is 3.89. The first-order valence-corrected chi connectivity index (χ1v) is 8.09. The molecule has 0 N–H and O–H groups in total. The Morgan fingerprint density at radius 2 is 2.35 bits per heavy atom. The van der Waals surface area contributed by atoms with Gasteiger partial charge in [-0.1, -0.05) is 0 Å². The van der Waals surface area contributed by atoms with Gasteiger partial charge in [0.1, 0.15) is 0 Å². The molecule has 0 saturated carbocycles. The van der Waals surface area contributed by atoms with E-state index < -0.39 is 0 Å². The smallest absolute Gasteiger partial charge is 0.254 e. The Hall–Kier alpha value is -0.910. The minimum atomic E-state index is 0.174. The van der Waals surface area contributed by atoms with E-state index in [4.69, 9.17) is 9.47 Å². The van der Waals surface area contributed by atoms with E-state index in [2.05, 4.69) is 0 Å². The molecule has 1 aromatic heterocycles. The molecule has 2 fully saturated rings. The SMILES string of the molecule is COC[C@@H]1CC2(CCN(C(=O)c3ccsc3)CC2)CO1. The quantitative estimate of drug-likeness (QED) is 0.859. The number of methoxy groups -OCH3 is 1. The number of rotatable bonds is 3. The van der Waals surface area contributed by atoms with Crippen LogP contribution in [0.3, 0.4) is 0 Å².